The first-order valence-corrected chi connectivity index (χ1v) is 6.43. The molecule has 0 aliphatic heterocycles. The van der Waals surface area contributed by atoms with Gasteiger partial charge in [0.2, 0.25) is 5.91 Å². The quantitative estimate of drug-likeness (QED) is 0.750. The van der Waals surface area contributed by atoms with Gasteiger partial charge in [-0.25, -0.2) is 4.98 Å². The van der Waals surface area contributed by atoms with Crippen LogP contribution in [0.1, 0.15) is 11.1 Å². The maximum Gasteiger partial charge on any atom is 0.237 e. The molecule has 0 fully saturated rings. The average Bonchev–Trinajstić information content (AvgIpc) is 2.47. The molecule has 0 bridgehead atoms. The first kappa shape index (κ1) is 14.0. The van der Waals surface area contributed by atoms with Gasteiger partial charge in [0.1, 0.15) is 5.82 Å². The van der Waals surface area contributed by atoms with Crippen LogP contribution in [0.25, 0.3) is 0 Å². The van der Waals surface area contributed by atoms with Gasteiger partial charge in [0.15, 0.2) is 0 Å². The van der Waals surface area contributed by atoms with Crippen LogP contribution in [0.3, 0.4) is 0 Å². The fourth-order valence-electron chi connectivity index (χ4n) is 1.82. The molecule has 5 N–H and O–H groups in total. The lowest BCUT2D eigenvalue weighted by Gasteiger charge is -2.12. The zero-order valence-electron chi connectivity index (χ0n) is 11.1. The van der Waals surface area contributed by atoms with Gasteiger partial charge in [-0.15, -0.1) is 0 Å². The van der Waals surface area contributed by atoms with Crippen molar-refractivity contribution in [2.75, 3.05) is 5.73 Å². The lowest BCUT2D eigenvalue weighted by molar-refractivity contribution is -0.122. The fraction of sp³-hybridized carbons (Fsp3) is 0.200. The van der Waals surface area contributed by atoms with E-state index in [0.717, 1.165) is 11.1 Å². The van der Waals surface area contributed by atoms with Crippen LogP contribution >= 0.6 is 0 Å². The van der Waals surface area contributed by atoms with Gasteiger partial charge in [-0.1, -0.05) is 36.4 Å². The van der Waals surface area contributed by atoms with E-state index in [4.69, 9.17) is 11.5 Å². The van der Waals surface area contributed by atoms with Crippen molar-refractivity contribution >= 4 is 11.7 Å². The molecule has 0 saturated carbocycles. The third-order valence-corrected chi connectivity index (χ3v) is 2.95. The highest BCUT2D eigenvalue weighted by Crippen LogP contribution is 2.03. The Hall–Kier alpha value is -2.40. The Morgan fingerprint density at radius 3 is 2.55 bits per heavy atom. The summed E-state index contributed by atoms with van der Waals surface area (Å²) in [6.07, 6.45) is 2.16. The van der Waals surface area contributed by atoms with Crippen LogP contribution in [0.4, 0.5) is 5.82 Å². The van der Waals surface area contributed by atoms with Crippen molar-refractivity contribution in [3.05, 3.63) is 59.8 Å². The van der Waals surface area contributed by atoms with Crippen LogP contribution < -0.4 is 16.8 Å². The number of benzene rings is 1. The Morgan fingerprint density at radius 1 is 1.15 bits per heavy atom. The number of hydrogen-bond acceptors (Lipinski definition) is 4. The summed E-state index contributed by atoms with van der Waals surface area (Å²) in [5.74, 6) is 0.284. The lowest BCUT2D eigenvalue weighted by Crippen LogP contribution is -2.41. The van der Waals surface area contributed by atoms with Crippen LogP contribution in [0.2, 0.25) is 0 Å². The number of carbonyl (C=O) groups is 1. The Labute approximate surface area is 118 Å². The van der Waals surface area contributed by atoms with Crippen LogP contribution in [-0.4, -0.2) is 16.9 Å². The van der Waals surface area contributed by atoms with E-state index < -0.39 is 6.04 Å². The van der Waals surface area contributed by atoms with E-state index >= 15 is 0 Å². The monoisotopic (exact) mass is 270 g/mol. The molecule has 0 aliphatic rings. The van der Waals surface area contributed by atoms with E-state index in [-0.39, 0.29) is 5.91 Å². The molecule has 1 aromatic carbocycles. The third-order valence-electron chi connectivity index (χ3n) is 2.95. The molecule has 0 unspecified atom stereocenters. The molecule has 0 radical (unpaired) electrons. The largest absolute Gasteiger partial charge is 0.384 e. The Kier molecular flexibility index (Phi) is 4.68. The molecule has 2 rings (SSSR count). The molecule has 20 heavy (non-hydrogen) atoms. The predicted molar refractivity (Wildman–Crippen MR) is 78.6 cm³/mol. The SMILES string of the molecule is Nc1ccc(CNC(=O)[C@@H](N)Cc2ccccc2)cn1. The number of nitrogens with two attached hydrogens (primary N) is 2. The maximum absolute atomic E-state index is 11.9. The normalized spacial score (nSPS) is 11.8. The van der Waals surface area contributed by atoms with Crippen LogP contribution in [0.5, 0.6) is 0 Å². The van der Waals surface area contributed by atoms with Crippen LogP contribution in [-0.2, 0) is 17.8 Å². The standard InChI is InChI=1S/C15H18N4O/c16-13(8-11-4-2-1-3-5-11)15(20)19-10-12-6-7-14(17)18-9-12/h1-7,9,13H,8,10,16H2,(H2,17,18)(H,19,20)/t13-/m0/s1. The molecule has 1 atom stereocenters. The molecular weight excluding hydrogens is 252 g/mol. The van der Waals surface area contributed by atoms with Crippen molar-refractivity contribution < 1.29 is 4.79 Å². The van der Waals surface area contributed by atoms with Crippen molar-refractivity contribution in [1.29, 1.82) is 0 Å². The highest BCUT2D eigenvalue weighted by molar-refractivity contribution is 5.81. The summed E-state index contributed by atoms with van der Waals surface area (Å²) in [5, 5.41) is 2.79. The molecule has 0 aliphatic carbocycles. The molecule has 0 saturated heterocycles. The van der Waals surface area contributed by atoms with Crippen LogP contribution in [0, 0.1) is 0 Å². The number of amides is 1. The summed E-state index contributed by atoms with van der Waals surface area (Å²) in [4.78, 5) is 15.9. The maximum atomic E-state index is 11.9. The second kappa shape index (κ2) is 6.68. The number of aromatic nitrogens is 1. The van der Waals surface area contributed by atoms with E-state index in [2.05, 4.69) is 10.3 Å². The summed E-state index contributed by atoms with van der Waals surface area (Å²) in [5.41, 5.74) is 13.3. The minimum absolute atomic E-state index is 0.175. The summed E-state index contributed by atoms with van der Waals surface area (Å²) >= 11 is 0. The molecule has 104 valence electrons. The number of nitrogen functional groups attached to an aromatic ring is 1. The molecular formula is C15H18N4O. The van der Waals surface area contributed by atoms with Crippen molar-refractivity contribution in [2.45, 2.75) is 19.0 Å². The van der Waals surface area contributed by atoms with Gasteiger partial charge >= 0.3 is 0 Å². The molecule has 5 nitrogen and oxygen atoms in total. The first-order chi connectivity index (χ1) is 9.65. The predicted octanol–water partition coefficient (Wildman–Crippen LogP) is 0.850. The molecule has 2 aromatic rings. The van der Waals surface area contributed by atoms with E-state index in [1.807, 2.05) is 36.4 Å². The van der Waals surface area contributed by atoms with Crippen molar-refractivity contribution in [1.82, 2.24) is 10.3 Å². The molecule has 1 amide bonds. The minimum atomic E-state index is -0.556. The Balaban J connectivity index is 1.83. The van der Waals surface area contributed by atoms with Gasteiger partial charge in [-0.3, -0.25) is 4.79 Å². The van der Waals surface area contributed by atoms with E-state index in [1.54, 1.807) is 12.3 Å². The van der Waals surface area contributed by atoms with Gasteiger partial charge in [-0.2, -0.15) is 0 Å². The number of anilines is 1. The highest BCUT2D eigenvalue weighted by atomic mass is 16.2. The molecule has 1 aromatic heterocycles. The van der Waals surface area contributed by atoms with Crippen LogP contribution in [0.15, 0.2) is 48.7 Å². The Bertz CT molecular complexity index is 554. The van der Waals surface area contributed by atoms with Gasteiger partial charge in [0, 0.05) is 12.7 Å². The number of pyridine rings is 1. The zero-order valence-corrected chi connectivity index (χ0v) is 11.1. The topological polar surface area (TPSA) is 94.0 Å². The van der Waals surface area contributed by atoms with Gasteiger partial charge in [-0.05, 0) is 23.6 Å². The number of rotatable bonds is 5. The van der Waals surface area contributed by atoms with E-state index in [9.17, 15) is 4.79 Å². The van der Waals surface area contributed by atoms with E-state index in [1.165, 1.54) is 0 Å². The first-order valence-electron chi connectivity index (χ1n) is 6.43. The summed E-state index contributed by atoms with van der Waals surface area (Å²) in [6, 6.07) is 12.7. The van der Waals surface area contributed by atoms with Gasteiger partial charge in [0.25, 0.3) is 0 Å². The average molecular weight is 270 g/mol. The van der Waals surface area contributed by atoms with Crippen molar-refractivity contribution in [3.63, 3.8) is 0 Å². The minimum Gasteiger partial charge on any atom is -0.384 e. The van der Waals surface area contributed by atoms with Crippen molar-refractivity contribution in [2.24, 2.45) is 5.73 Å². The highest BCUT2D eigenvalue weighted by Gasteiger charge is 2.13. The zero-order chi connectivity index (χ0) is 14.4. The number of hydrogen-bond donors (Lipinski definition) is 3. The lowest BCUT2D eigenvalue weighted by atomic mass is 10.1. The van der Waals surface area contributed by atoms with Gasteiger partial charge in [0.05, 0.1) is 6.04 Å². The summed E-state index contributed by atoms with van der Waals surface area (Å²) < 4.78 is 0. The number of nitrogens with one attached hydrogen (secondary N) is 1. The molecule has 0 spiro atoms. The summed E-state index contributed by atoms with van der Waals surface area (Å²) in [7, 11) is 0. The smallest absolute Gasteiger partial charge is 0.237 e. The van der Waals surface area contributed by atoms with Crippen molar-refractivity contribution in [3.8, 4) is 0 Å². The second-order valence-corrected chi connectivity index (χ2v) is 4.61. The van der Waals surface area contributed by atoms with E-state index in [0.29, 0.717) is 18.8 Å². The number of nitrogens with zero attached hydrogens (tertiary/aromatic N) is 1. The number of carbonyl (C=O) groups excluding carboxylic acids is 1. The molecule has 5 heteroatoms. The Morgan fingerprint density at radius 2 is 1.90 bits per heavy atom. The molecule has 1 heterocycles. The fourth-order valence-corrected chi connectivity index (χ4v) is 1.82. The third kappa shape index (κ3) is 4.07. The second-order valence-electron chi connectivity index (χ2n) is 4.61. The van der Waals surface area contributed by atoms with Gasteiger partial charge < -0.3 is 16.8 Å². The summed E-state index contributed by atoms with van der Waals surface area (Å²) in [6.45, 7) is 0.397.